The van der Waals surface area contributed by atoms with Gasteiger partial charge in [-0.2, -0.15) is 0 Å². The van der Waals surface area contributed by atoms with Gasteiger partial charge in [0.05, 0.1) is 12.7 Å². The Bertz CT molecular complexity index is 511. The number of hydrogen-bond acceptors (Lipinski definition) is 4. The van der Waals surface area contributed by atoms with E-state index in [1.165, 1.54) is 38.5 Å². The summed E-state index contributed by atoms with van der Waals surface area (Å²) in [5.74, 6) is 2.55. The monoisotopic (exact) mass is 464 g/mol. The molecular weight excluding hydrogens is 431 g/mol. The Morgan fingerprint density at radius 3 is 2.52 bits per heavy atom. The Balaban J connectivity index is 0.00000312. The minimum atomic E-state index is 0. The molecule has 1 aromatic rings. The molecule has 0 amide bonds. The first-order valence-electron chi connectivity index (χ1n) is 9.19. The Kier molecular flexibility index (Phi) is 11.0. The molecule has 2 rings (SSSR count). The summed E-state index contributed by atoms with van der Waals surface area (Å²) in [6, 6.07) is 0. The van der Waals surface area contributed by atoms with Crippen LogP contribution in [0.5, 0.6) is 0 Å². The first-order valence-corrected chi connectivity index (χ1v) is 9.19. The zero-order valence-corrected chi connectivity index (χ0v) is 18.1. The number of nitrogens with one attached hydrogen (secondary N) is 2. The molecule has 7 nitrogen and oxygen atoms in total. The highest BCUT2D eigenvalue weighted by Gasteiger charge is 2.12. The number of aromatic nitrogens is 3. The number of ether oxygens (including phenoxy) is 1. The summed E-state index contributed by atoms with van der Waals surface area (Å²) in [4.78, 5) is 4.57. The molecule has 1 aromatic heterocycles. The molecule has 0 spiro atoms. The average Bonchev–Trinajstić information content (AvgIpc) is 2.79. The summed E-state index contributed by atoms with van der Waals surface area (Å²) >= 11 is 0. The zero-order chi connectivity index (χ0) is 17.2. The molecule has 8 heteroatoms. The van der Waals surface area contributed by atoms with Crippen LogP contribution in [0.4, 0.5) is 0 Å². The lowest BCUT2D eigenvalue weighted by atomic mass is 10.1. The molecule has 25 heavy (non-hydrogen) atoms. The second-order valence-electron chi connectivity index (χ2n) is 6.33. The number of hydrogen-bond donors (Lipinski definition) is 2. The van der Waals surface area contributed by atoms with E-state index in [1.807, 2.05) is 18.5 Å². The molecule has 0 radical (unpaired) electrons. The van der Waals surface area contributed by atoms with Crippen molar-refractivity contribution in [3.8, 4) is 0 Å². The number of nitrogens with zero attached hydrogens (tertiary/aromatic N) is 4. The predicted molar refractivity (Wildman–Crippen MR) is 111 cm³/mol. The van der Waals surface area contributed by atoms with Crippen LogP contribution in [-0.4, -0.2) is 46.5 Å². The van der Waals surface area contributed by atoms with Crippen molar-refractivity contribution in [2.45, 2.75) is 65.0 Å². The van der Waals surface area contributed by atoms with Crippen LogP contribution < -0.4 is 10.6 Å². The SMILES string of the molecule is CCNC(=NCc1nnc(C)n1C)NCCOC1CCCCCC1.I. The van der Waals surface area contributed by atoms with E-state index < -0.39 is 0 Å². The van der Waals surface area contributed by atoms with Crippen molar-refractivity contribution in [1.82, 2.24) is 25.4 Å². The maximum absolute atomic E-state index is 6.00. The molecule has 1 aliphatic carbocycles. The molecule has 0 bridgehead atoms. The lowest BCUT2D eigenvalue weighted by molar-refractivity contribution is 0.0468. The van der Waals surface area contributed by atoms with E-state index in [4.69, 9.17) is 4.74 Å². The molecule has 0 aromatic carbocycles. The molecule has 144 valence electrons. The van der Waals surface area contributed by atoms with E-state index in [0.29, 0.717) is 12.6 Å². The van der Waals surface area contributed by atoms with Crippen LogP contribution in [0.2, 0.25) is 0 Å². The van der Waals surface area contributed by atoms with Crippen molar-refractivity contribution in [2.75, 3.05) is 19.7 Å². The Labute approximate surface area is 168 Å². The lowest BCUT2D eigenvalue weighted by Crippen LogP contribution is -2.39. The normalized spacial score (nSPS) is 16.2. The van der Waals surface area contributed by atoms with Crippen molar-refractivity contribution in [3.05, 3.63) is 11.6 Å². The Hall–Kier alpha value is -0.900. The molecule has 0 unspecified atom stereocenters. The Morgan fingerprint density at radius 1 is 1.20 bits per heavy atom. The van der Waals surface area contributed by atoms with E-state index in [-0.39, 0.29) is 24.0 Å². The van der Waals surface area contributed by atoms with Crippen molar-refractivity contribution < 1.29 is 4.74 Å². The smallest absolute Gasteiger partial charge is 0.191 e. The average molecular weight is 464 g/mol. The van der Waals surface area contributed by atoms with Gasteiger partial charge in [-0.25, -0.2) is 4.99 Å². The fraction of sp³-hybridized carbons (Fsp3) is 0.824. The number of halogens is 1. The summed E-state index contributed by atoms with van der Waals surface area (Å²) < 4.78 is 7.97. The first-order chi connectivity index (χ1) is 11.7. The minimum absolute atomic E-state index is 0. The van der Waals surface area contributed by atoms with E-state index >= 15 is 0 Å². The molecule has 0 saturated heterocycles. The summed E-state index contributed by atoms with van der Waals surface area (Å²) in [6.45, 7) is 6.82. The predicted octanol–water partition coefficient (Wildman–Crippen LogP) is 2.54. The topological polar surface area (TPSA) is 76.4 Å². The quantitative estimate of drug-likeness (QED) is 0.213. The number of guanidine groups is 1. The molecule has 1 fully saturated rings. The molecule has 2 N–H and O–H groups in total. The summed E-state index contributed by atoms with van der Waals surface area (Å²) in [5, 5.41) is 14.8. The van der Waals surface area contributed by atoms with E-state index in [0.717, 1.165) is 37.3 Å². The summed E-state index contributed by atoms with van der Waals surface area (Å²) in [6.07, 6.45) is 8.18. The third-order valence-electron chi connectivity index (χ3n) is 4.46. The van der Waals surface area contributed by atoms with Gasteiger partial charge in [-0.05, 0) is 26.7 Å². The van der Waals surface area contributed by atoms with Crippen LogP contribution in [0.3, 0.4) is 0 Å². The largest absolute Gasteiger partial charge is 0.376 e. The van der Waals surface area contributed by atoms with Gasteiger partial charge < -0.3 is 19.9 Å². The van der Waals surface area contributed by atoms with Gasteiger partial charge in [0.25, 0.3) is 0 Å². The second kappa shape index (κ2) is 12.5. The van der Waals surface area contributed by atoms with Gasteiger partial charge >= 0.3 is 0 Å². The maximum atomic E-state index is 6.00. The van der Waals surface area contributed by atoms with Crippen LogP contribution in [0.1, 0.15) is 57.1 Å². The van der Waals surface area contributed by atoms with Crippen LogP contribution in [-0.2, 0) is 18.3 Å². The van der Waals surface area contributed by atoms with Crippen LogP contribution in [0.15, 0.2) is 4.99 Å². The highest BCUT2D eigenvalue weighted by molar-refractivity contribution is 14.0. The minimum Gasteiger partial charge on any atom is -0.376 e. The molecule has 1 saturated carbocycles. The highest BCUT2D eigenvalue weighted by atomic mass is 127. The number of aryl methyl sites for hydroxylation is 1. The van der Waals surface area contributed by atoms with Gasteiger partial charge in [0.2, 0.25) is 0 Å². The van der Waals surface area contributed by atoms with Crippen LogP contribution >= 0.6 is 24.0 Å². The van der Waals surface area contributed by atoms with Gasteiger partial charge in [-0.3, -0.25) is 0 Å². The van der Waals surface area contributed by atoms with Crippen LogP contribution in [0.25, 0.3) is 0 Å². The van der Waals surface area contributed by atoms with Gasteiger partial charge in [0.1, 0.15) is 12.4 Å². The van der Waals surface area contributed by atoms with E-state index in [9.17, 15) is 0 Å². The van der Waals surface area contributed by atoms with Crippen molar-refractivity contribution in [2.24, 2.45) is 12.0 Å². The second-order valence-corrected chi connectivity index (χ2v) is 6.33. The zero-order valence-electron chi connectivity index (χ0n) is 15.8. The third-order valence-corrected chi connectivity index (χ3v) is 4.46. The van der Waals surface area contributed by atoms with Gasteiger partial charge in [0, 0.05) is 20.1 Å². The van der Waals surface area contributed by atoms with Crippen molar-refractivity contribution in [3.63, 3.8) is 0 Å². The van der Waals surface area contributed by atoms with Crippen LogP contribution in [0, 0.1) is 6.92 Å². The lowest BCUT2D eigenvalue weighted by Gasteiger charge is -2.16. The van der Waals surface area contributed by atoms with E-state index in [1.54, 1.807) is 0 Å². The first kappa shape index (κ1) is 22.1. The molecular formula is C17H33IN6O. The maximum Gasteiger partial charge on any atom is 0.191 e. The van der Waals surface area contributed by atoms with Gasteiger partial charge in [-0.1, -0.05) is 25.7 Å². The van der Waals surface area contributed by atoms with Crippen molar-refractivity contribution >= 4 is 29.9 Å². The fourth-order valence-electron chi connectivity index (χ4n) is 2.88. The summed E-state index contributed by atoms with van der Waals surface area (Å²) in [7, 11) is 1.96. The molecule has 0 atom stereocenters. The van der Waals surface area contributed by atoms with Crippen molar-refractivity contribution in [1.29, 1.82) is 0 Å². The highest BCUT2D eigenvalue weighted by Crippen LogP contribution is 2.19. The number of aliphatic imine (C=N–C) groups is 1. The molecule has 0 aliphatic heterocycles. The molecule has 1 aliphatic rings. The summed E-state index contributed by atoms with van der Waals surface area (Å²) in [5.41, 5.74) is 0. The van der Waals surface area contributed by atoms with Gasteiger partial charge in [0.15, 0.2) is 11.8 Å². The number of rotatable bonds is 7. The van der Waals surface area contributed by atoms with Gasteiger partial charge in [-0.15, -0.1) is 34.2 Å². The fourth-order valence-corrected chi connectivity index (χ4v) is 2.88. The van der Waals surface area contributed by atoms with E-state index in [2.05, 4.69) is 32.7 Å². The standard InChI is InChI=1S/C17H32N6O.HI/c1-4-18-17(20-13-16-22-21-14(2)23(16)3)19-11-12-24-15-9-7-5-6-8-10-15;/h15H,4-13H2,1-3H3,(H2,18,19,20);1H. The Morgan fingerprint density at radius 2 is 1.92 bits per heavy atom. The third kappa shape index (κ3) is 7.89. The molecule has 1 heterocycles.